The third kappa shape index (κ3) is 8.15. The van der Waals surface area contributed by atoms with Gasteiger partial charge in [0.15, 0.2) is 5.96 Å². The second kappa shape index (κ2) is 12.3. The van der Waals surface area contributed by atoms with Crippen molar-refractivity contribution < 1.29 is 0 Å². The van der Waals surface area contributed by atoms with E-state index in [4.69, 9.17) is 0 Å². The summed E-state index contributed by atoms with van der Waals surface area (Å²) < 4.78 is 0. The van der Waals surface area contributed by atoms with Gasteiger partial charge in [0, 0.05) is 44.6 Å². The summed E-state index contributed by atoms with van der Waals surface area (Å²) in [6.07, 6.45) is 2.41. The second-order valence-electron chi connectivity index (χ2n) is 7.43. The van der Waals surface area contributed by atoms with Gasteiger partial charge in [-0.1, -0.05) is 20.8 Å². The zero-order chi connectivity index (χ0) is 19.5. The van der Waals surface area contributed by atoms with Crippen LogP contribution in [0.4, 0.5) is 0 Å². The van der Waals surface area contributed by atoms with Gasteiger partial charge in [0.2, 0.25) is 0 Å². The fraction of sp³-hybridized carbons (Fsp3) is 0.800. The van der Waals surface area contributed by atoms with Crippen LogP contribution >= 0.6 is 11.3 Å². The van der Waals surface area contributed by atoms with Crippen molar-refractivity contribution in [2.24, 2.45) is 4.99 Å². The largest absolute Gasteiger partial charge is 0.357 e. The molecule has 1 saturated heterocycles. The number of nitrogens with one attached hydrogen (secondary N) is 2. The summed E-state index contributed by atoms with van der Waals surface area (Å²) in [6, 6.07) is 0. The lowest BCUT2D eigenvalue weighted by atomic mass is 10.2. The number of likely N-dealkylation sites (N-methyl/N-ethyl adjacent to an activating group) is 1. The van der Waals surface area contributed by atoms with Crippen LogP contribution in [0, 0.1) is 0 Å². The van der Waals surface area contributed by atoms with Crippen molar-refractivity contribution in [1.82, 2.24) is 25.4 Å². The van der Waals surface area contributed by atoms with Gasteiger partial charge >= 0.3 is 0 Å². The lowest BCUT2D eigenvalue weighted by molar-refractivity contribution is 0.136. The van der Waals surface area contributed by atoms with E-state index in [1.807, 2.05) is 0 Å². The Kier molecular flexibility index (Phi) is 10.1. The quantitative estimate of drug-likeness (QED) is 0.363. The third-order valence-corrected chi connectivity index (χ3v) is 5.84. The maximum Gasteiger partial charge on any atom is 0.191 e. The van der Waals surface area contributed by atoms with E-state index in [9.17, 15) is 0 Å². The first-order valence-corrected chi connectivity index (χ1v) is 11.4. The molecule has 0 spiro atoms. The molecule has 7 heteroatoms. The van der Waals surface area contributed by atoms with E-state index in [1.165, 1.54) is 57.8 Å². The highest BCUT2D eigenvalue weighted by Gasteiger charge is 2.14. The minimum atomic E-state index is 0.482. The van der Waals surface area contributed by atoms with Crippen molar-refractivity contribution in [3.8, 4) is 0 Å². The minimum Gasteiger partial charge on any atom is -0.357 e. The Morgan fingerprint density at radius 1 is 1.15 bits per heavy atom. The zero-order valence-electron chi connectivity index (χ0n) is 17.6. The monoisotopic (exact) mass is 394 g/mol. The van der Waals surface area contributed by atoms with E-state index in [2.05, 4.69) is 63.5 Å². The van der Waals surface area contributed by atoms with E-state index in [0.717, 1.165) is 24.1 Å². The Bertz CT molecular complexity index is 548. The van der Waals surface area contributed by atoms with E-state index in [0.29, 0.717) is 12.5 Å². The molecule has 2 heterocycles. The van der Waals surface area contributed by atoms with Gasteiger partial charge < -0.3 is 20.4 Å². The molecule has 0 unspecified atom stereocenters. The van der Waals surface area contributed by atoms with Crippen LogP contribution in [0.25, 0.3) is 0 Å². The molecule has 0 saturated carbocycles. The number of guanidine groups is 1. The molecule has 6 nitrogen and oxygen atoms in total. The summed E-state index contributed by atoms with van der Waals surface area (Å²) in [4.78, 5) is 14.5. The topological polar surface area (TPSA) is 55.8 Å². The predicted octanol–water partition coefficient (Wildman–Crippen LogP) is 2.74. The first-order chi connectivity index (χ1) is 13.1. The van der Waals surface area contributed by atoms with E-state index in [1.54, 1.807) is 11.3 Å². The van der Waals surface area contributed by atoms with Gasteiger partial charge in [-0.25, -0.2) is 9.98 Å². The Morgan fingerprint density at radius 3 is 2.52 bits per heavy atom. The first-order valence-electron chi connectivity index (χ1n) is 10.5. The molecule has 2 N–H and O–H groups in total. The summed E-state index contributed by atoms with van der Waals surface area (Å²) in [5.74, 6) is 1.38. The summed E-state index contributed by atoms with van der Waals surface area (Å²) in [7, 11) is 0. The average molecular weight is 395 g/mol. The van der Waals surface area contributed by atoms with Gasteiger partial charge in [-0.3, -0.25) is 0 Å². The number of aliphatic imine (C=N–C) groups is 1. The molecule has 2 rings (SSSR count). The van der Waals surface area contributed by atoms with Crippen molar-refractivity contribution in [2.45, 2.75) is 53.0 Å². The van der Waals surface area contributed by atoms with Gasteiger partial charge in [-0.05, 0) is 38.8 Å². The fourth-order valence-corrected chi connectivity index (χ4v) is 4.03. The maximum atomic E-state index is 4.69. The van der Waals surface area contributed by atoms with E-state index < -0.39 is 0 Å². The van der Waals surface area contributed by atoms with Crippen molar-refractivity contribution in [3.63, 3.8) is 0 Å². The summed E-state index contributed by atoms with van der Waals surface area (Å²) in [5.41, 5.74) is 1.17. The molecule has 0 bridgehead atoms. The molecule has 1 aliphatic heterocycles. The van der Waals surface area contributed by atoms with E-state index >= 15 is 0 Å². The highest BCUT2D eigenvalue weighted by atomic mass is 32.1. The van der Waals surface area contributed by atoms with Crippen molar-refractivity contribution in [1.29, 1.82) is 0 Å². The summed E-state index contributed by atoms with van der Waals surface area (Å²) in [5, 5.41) is 10.0. The Hall–Kier alpha value is -1.18. The highest BCUT2D eigenvalue weighted by molar-refractivity contribution is 7.09. The minimum absolute atomic E-state index is 0.482. The fourth-order valence-electron chi connectivity index (χ4n) is 3.15. The number of hydrogen-bond donors (Lipinski definition) is 2. The molecular weight excluding hydrogens is 356 g/mol. The summed E-state index contributed by atoms with van der Waals surface area (Å²) in [6.45, 7) is 18.5. The molecule has 154 valence electrons. The molecule has 0 atom stereocenters. The van der Waals surface area contributed by atoms with Crippen LogP contribution in [0.15, 0.2) is 10.4 Å². The average Bonchev–Trinajstić information content (AvgIpc) is 3.15. The number of rotatable bonds is 10. The van der Waals surface area contributed by atoms with Gasteiger partial charge in [-0.15, -0.1) is 11.3 Å². The molecule has 0 radical (unpaired) electrons. The van der Waals surface area contributed by atoms with Gasteiger partial charge in [-0.2, -0.15) is 0 Å². The lowest BCUT2D eigenvalue weighted by Gasteiger charge is -2.34. The molecule has 1 fully saturated rings. The molecule has 0 aliphatic carbocycles. The Balaban J connectivity index is 1.65. The second-order valence-corrected chi connectivity index (χ2v) is 8.37. The number of piperazine rings is 1. The summed E-state index contributed by atoms with van der Waals surface area (Å²) >= 11 is 1.70. The molecule has 1 aromatic heterocycles. The predicted molar refractivity (Wildman–Crippen MR) is 117 cm³/mol. The number of aromatic nitrogens is 1. The normalized spacial score (nSPS) is 16.9. The number of unbranched alkanes of at least 4 members (excludes halogenated alkanes) is 1. The van der Waals surface area contributed by atoms with Crippen molar-refractivity contribution >= 4 is 17.3 Å². The van der Waals surface area contributed by atoms with Crippen molar-refractivity contribution in [3.05, 3.63) is 16.1 Å². The number of nitrogens with zero attached hydrogens (tertiary/aromatic N) is 4. The smallest absolute Gasteiger partial charge is 0.191 e. The number of thiazole rings is 1. The molecule has 1 aromatic rings. The Labute approximate surface area is 169 Å². The Morgan fingerprint density at radius 2 is 1.89 bits per heavy atom. The zero-order valence-corrected chi connectivity index (χ0v) is 18.4. The lowest BCUT2D eigenvalue weighted by Crippen LogP contribution is -2.46. The van der Waals surface area contributed by atoms with Crippen LogP contribution in [0.5, 0.6) is 0 Å². The molecular formula is C20H38N6S. The van der Waals surface area contributed by atoms with Crippen LogP contribution in [-0.2, 0) is 6.54 Å². The molecule has 0 aromatic carbocycles. The standard InChI is InChI=1S/C20H38N6S/c1-5-21-20(23-15-19-24-18(16-27-19)17(3)4)22-9-7-8-10-26-13-11-25(6-2)12-14-26/h16-17H,5-15H2,1-4H3,(H2,21,22,23). The van der Waals surface area contributed by atoms with E-state index in [-0.39, 0.29) is 0 Å². The number of hydrogen-bond acceptors (Lipinski definition) is 5. The van der Waals surface area contributed by atoms with Crippen LogP contribution in [0.3, 0.4) is 0 Å². The van der Waals surface area contributed by atoms with Gasteiger partial charge in [0.05, 0.1) is 12.2 Å². The van der Waals surface area contributed by atoms with Crippen LogP contribution < -0.4 is 10.6 Å². The molecule has 0 amide bonds. The first kappa shape index (κ1) is 22.1. The van der Waals surface area contributed by atoms with Crippen LogP contribution in [0.1, 0.15) is 57.2 Å². The van der Waals surface area contributed by atoms with Gasteiger partial charge in [0.25, 0.3) is 0 Å². The third-order valence-electron chi connectivity index (χ3n) is 4.98. The highest BCUT2D eigenvalue weighted by Crippen LogP contribution is 2.18. The van der Waals surface area contributed by atoms with Crippen molar-refractivity contribution in [2.75, 3.05) is 52.4 Å². The van der Waals surface area contributed by atoms with Crippen LogP contribution in [-0.4, -0.2) is 73.1 Å². The van der Waals surface area contributed by atoms with Crippen LogP contribution in [0.2, 0.25) is 0 Å². The van der Waals surface area contributed by atoms with Gasteiger partial charge in [0.1, 0.15) is 5.01 Å². The SMILES string of the molecule is CCNC(=NCc1nc(C(C)C)cs1)NCCCCN1CCN(CC)CC1. The maximum absolute atomic E-state index is 4.69. The molecule has 27 heavy (non-hydrogen) atoms. The molecule has 1 aliphatic rings.